The van der Waals surface area contributed by atoms with Crippen molar-refractivity contribution in [3.63, 3.8) is 0 Å². The van der Waals surface area contributed by atoms with Crippen LogP contribution in [-0.2, 0) is 9.59 Å². The topological polar surface area (TPSA) is 96.7 Å². The molecular weight excluding hydrogens is 240 g/mol. The Hall–Kier alpha value is -2.44. The number of carbonyl (C=O) groups excluding carboxylic acids is 2. The molecule has 1 N–H and O–H groups in total. The van der Waals surface area contributed by atoms with Crippen LogP contribution >= 0.6 is 0 Å². The number of hydrogen-bond acceptors (Lipinski definition) is 4. The first-order valence-electron chi connectivity index (χ1n) is 5.17. The van der Waals surface area contributed by atoms with E-state index in [-0.39, 0.29) is 12.0 Å². The Morgan fingerprint density at radius 1 is 1.33 bits per heavy atom. The summed E-state index contributed by atoms with van der Waals surface area (Å²) in [7, 11) is 1.33. The monoisotopic (exact) mass is 250 g/mol. The number of nitrogens with zero attached hydrogens (tertiary/aromatic N) is 2. The van der Waals surface area contributed by atoms with Gasteiger partial charge < -0.3 is 9.67 Å². The van der Waals surface area contributed by atoms with Gasteiger partial charge >= 0.3 is 5.97 Å². The van der Waals surface area contributed by atoms with Crippen LogP contribution in [0.15, 0.2) is 23.1 Å². The van der Waals surface area contributed by atoms with E-state index in [0.29, 0.717) is 0 Å². The van der Waals surface area contributed by atoms with Gasteiger partial charge in [0.2, 0.25) is 5.91 Å². The number of amides is 2. The van der Waals surface area contributed by atoms with Gasteiger partial charge in [-0.1, -0.05) is 0 Å². The van der Waals surface area contributed by atoms with Crippen molar-refractivity contribution in [1.82, 2.24) is 9.47 Å². The number of carbonyl (C=O) groups is 3. The molecule has 2 amide bonds. The molecule has 94 valence electrons. The number of likely N-dealkylation sites (N-methyl/N-ethyl adjacent to an activating group) is 1. The first-order chi connectivity index (χ1) is 8.41. The SMILES string of the molecule is CN1C(=O)CC(n2cc(C(=O)O)ccc2=O)C1=O. The quantitative estimate of drug-likeness (QED) is 0.712. The lowest BCUT2D eigenvalue weighted by Crippen LogP contribution is -2.31. The second-order valence-electron chi connectivity index (χ2n) is 3.98. The Morgan fingerprint density at radius 3 is 2.50 bits per heavy atom. The number of aromatic nitrogens is 1. The summed E-state index contributed by atoms with van der Waals surface area (Å²) >= 11 is 0. The fourth-order valence-electron chi connectivity index (χ4n) is 1.83. The highest BCUT2D eigenvalue weighted by Crippen LogP contribution is 2.21. The van der Waals surface area contributed by atoms with Crippen LogP contribution in [0, 0.1) is 0 Å². The number of carboxylic acids is 1. The van der Waals surface area contributed by atoms with Crippen LogP contribution in [0.5, 0.6) is 0 Å². The van der Waals surface area contributed by atoms with Gasteiger partial charge in [-0.3, -0.25) is 19.3 Å². The third-order valence-corrected chi connectivity index (χ3v) is 2.88. The lowest BCUT2D eigenvalue weighted by Gasteiger charge is -2.12. The van der Waals surface area contributed by atoms with Gasteiger partial charge in [-0.05, 0) is 6.07 Å². The van der Waals surface area contributed by atoms with E-state index in [0.717, 1.165) is 27.8 Å². The van der Waals surface area contributed by atoms with Crippen molar-refractivity contribution in [3.8, 4) is 0 Å². The Kier molecular flexibility index (Phi) is 2.74. The number of aromatic carboxylic acids is 1. The van der Waals surface area contributed by atoms with E-state index in [4.69, 9.17) is 5.11 Å². The molecule has 1 aromatic rings. The Bertz CT molecular complexity index is 604. The molecule has 2 heterocycles. The van der Waals surface area contributed by atoms with E-state index in [1.165, 1.54) is 7.05 Å². The van der Waals surface area contributed by atoms with Crippen molar-refractivity contribution >= 4 is 17.8 Å². The standard InChI is InChI=1S/C11H10N2O5/c1-12-9(15)4-7(10(12)16)13-5-6(11(17)18)2-3-8(13)14/h2-3,5,7H,4H2,1H3,(H,17,18). The van der Waals surface area contributed by atoms with E-state index >= 15 is 0 Å². The summed E-state index contributed by atoms with van der Waals surface area (Å²) in [6, 6.07) is 1.28. The molecule has 7 nitrogen and oxygen atoms in total. The molecule has 1 aromatic heterocycles. The average Bonchev–Trinajstić information content (AvgIpc) is 2.57. The number of carboxylic acid groups (broad SMARTS) is 1. The van der Waals surface area contributed by atoms with Crippen LogP contribution in [0.4, 0.5) is 0 Å². The molecule has 1 atom stereocenters. The first-order valence-corrected chi connectivity index (χ1v) is 5.17. The summed E-state index contributed by atoms with van der Waals surface area (Å²) < 4.78 is 0.993. The smallest absolute Gasteiger partial charge is 0.337 e. The molecule has 0 aromatic carbocycles. The van der Waals surface area contributed by atoms with Gasteiger partial charge in [-0.2, -0.15) is 0 Å². The lowest BCUT2D eigenvalue weighted by molar-refractivity contribution is -0.137. The molecule has 7 heteroatoms. The Balaban J connectivity index is 2.49. The molecular formula is C11H10N2O5. The normalized spacial score (nSPS) is 19.4. The molecule has 0 spiro atoms. The van der Waals surface area contributed by atoms with Crippen LogP contribution in [0.3, 0.4) is 0 Å². The van der Waals surface area contributed by atoms with Crippen LogP contribution in [0.2, 0.25) is 0 Å². The van der Waals surface area contributed by atoms with Gasteiger partial charge in [-0.15, -0.1) is 0 Å². The third kappa shape index (κ3) is 1.79. The number of pyridine rings is 1. The average molecular weight is 250 g/mol. The van der Waals surface area contributed by atoms with Gasteiger partial charge in [0, 0.05) is 19.3 Å². The molecule has 0 bridgehead atoms. The fourth-order valence-corrected chi connectivity index (χ4v) is 1.83. The van der Waals surface area contributed by atoms with Gasteiger partial charge in [-0.25, -0.2) is 4.79 Å². The minimum Gasteiger partial charge on any atom is -0.478 e. The zero-order valence-electron chi connectivity index (χ0n) is 9.49. The number of likely N-dealkylation sites (tertiary alicyclic amines) is 1. The van der Waals surface area contributed by atoms with E-state index in [1.807, 2.05) is 0 Å². The summed E-state index contributed by atoms with van der Waals surface area (Å²) in [5.41, 5.74) is -0.620. The van der Waals surface area contributed by atoms with Crippen molar-refractivity contribution in [2.24, 2.45) is 0 Å². The van der Waals surface area contributed by atoms with Crippen LogP contribution in [0.1, 0.15) is 22.8 Å². The van der Waals surface area contributed by atoms with E-state index in [9.17, 15) is 19.2 Å². The summed E-state index contributed by atoms with van der Waals surface area (Å²) in [6.07, 6.45) is 0.956. The second kappa shape index (κ2) is 4.10. The summed E-state index contributed by atoms with van der Waals surface area (Å²) in [4.78, 5) is 46.5. The Morgan fingerprint density at radius 2 is 2.00 bits per heavy atom. The maximum Gasteiger partial charge on any atom is 0.337 e. The highest BCUT2D eigenvalue weighted by Gasteiger charge is 2.37. The van der Waals surface area contributed by atoms with Crippen molar-refractivity contribution < 1.29 is 19.5 Å². The predicted molar refractivity (Wildman–Crippen MR) is 59.1 cm³/mol. The lowest BCUT2D eigenvalue weighted by atomic mass is 10.2. The molecule has 1 aliphatic rings. The third-order valence-electron chi connectivity index (χ3n) is 2.88. The molecule has 1 aliphatic heterocycles. The maximum atomic E-state index is 11.7. The van der Waals surface area contributed by atoms with Gasteiger partial charge in [0.15, 0.2) is 0 Å². The predicted octanol–water partition coefficient (Wildman–Crippen LogP) is -0.524. The van der Waals surface area contributed by atoms with Crippen LogP contribution < -0.4 is 5.56 Å². The first kappa shape index (κ1) is 12.0. The molecule has 0 aliphatic carbocycles. The second-order valence-corrected chi connectivity index (χ2v) is 3.98. The Labute approximate surface area is 101 Å². The van der Waals surface area contributed by atoms with Crippen LogP contribution in [-0.4, -0.2) is 39.4 Å². The van der Waals surface area contributed by atoms with E-state index in [2.05, 4.69) is 0 Å². The minimum absolute atomic E-state index is 0.107. The van der Waals surface area contributed by atoms with Gasteiger partial charge in [0.25, 0.3) is 11.5 Å². The minimum atomic E-state index is -1.20. The van der Waals surface area contributed by atoms with Crippen molar-refractivity contribution in [1.29, 1.82) is 0 Å². The van der Waals surface area contributed by atoms with Crippen molar-refractivity contribution in [3.05, 3.63) is 34.2 Å². The summed E-state index contributed by atoms with van der Waals surface area (Å²) in [6.45, 7) is 0. The van der Waals surface area contributed by atoms with Crippen LogP contribution in [0.25, 0.3) is 0 Å². The zero-order valence-corrected chi connectivity index (χ0v) is 9.49. The van der Waals surface area contributed by atoms with E-state index < -0.39 is 29.4 Å². The number of hydrogen-bond donors (Lipinski definition) is 1. The van der Waals surface area contributed by atoms with E-state index in [1.54, 1.807) is 0 Å². The molecule has 1 fully saturated rings. The largest absolute Gasteiger partial charge is 0.478 e. The molecule has 18 heavy (non-hydrogen) atoms. The molecule has 2 rings (SSSR count). The zero-order chi connectivity index (χ0) is 13.4. The van der Waals surface area contributed by atoms with Crippen molar-refractivity contribution in [2.45, 2.75) is 12.5 Å². The highest BCUT2D eigenvalue weighted by atomic mass is 16.4. The number of rotatable bonds is 2. The number of imide groups is 1. The molecule has 0 saturated carbocycles. The molecule has 1 unspecified atom stereocenters. The summed E-state index contributed by atoms with van der Waals surface area (Å²) in [5, 5.41) is 8.84. The highest BCUT2D eigenvalue weighted by molar-refractivity contribution is 6.04. The van der Waals surface area contributed by atoms with Gasteiger partial charge in [0.1, 0.15) is 6.04 Å². The maximum absolute atomic E-state index is 11.7. The van der Waals surface area contributed by atoms with Crippen molar-refractivity contribution in [2.75, 3.05) is 7.05 Å². The summed E-state index contributed by atoms with van der Waals surface area (Å²) in [5.74, 6) is -2.10. The fraction of sp³-hybridized carbons (Fsp3) is 0.273. The van der Waals surface area contributed by atoms with Gasteiger partial charge in [0.05, 0.1) is 12.0 Å². The molecule has 1 saturated heterocycles. The molecule has 0 radical (unpaired) electrons.